The summed E-state index contributed by atoms with van der Waals surface area (Å²) in [6.07, 6.45) is 1.49. The van der Waals surface area contributed by atoms with Crippen molar-refractivity contribution in [2.75, 3.05) is 18.4 Å². The second-order valence-electron chi connectivity index (χ2n) is 5.26. The minimum absolute atomic E-state index is 0.0974. The molecule has 1 aliphatic heterocycles. The van der Waals surface area contributed by atoms with Crippen LogP contribution >= 0.6 is 11.6 Å². The molecular formula is C14H17ClN2O3. The van der Waals surface area contributed by atoms with Crippen LogP contribution in [-0.2, 0) is 4.79 Å². The first kappa shape index (κ1) is 14.8. The summed E-state index contributed by atoms with van der Waals surface area (Å²) >= 11 is 6.01. The van der Waals surface area contributed by atoms with Gasteiger partial charge in [-0.15, -0.1) is 0 Å². The maximum atomic E-state index is 12.4. The van der Waals surface area contributed by atoms with E-state index in [-0.39, 0.29) is 11.5 Å². The van der Waals surface area contributed by atoms with Gasteiger partial charge in [-0.3, -0.25) is 4.79 Å². The molecule has 0 radical (unpaired) electrons. The maximum Gasteiger partial charge on any atom is 0.335 e. The third-order valence-electron chi connectivity index (χ3n) is 3.72. The number of carboxylic acid groups (broad SMARTS) is 1. The molecule has 2 rings (SSSR count). The molecule has 1 amide bonds. The quantitative estimate of drug-likeness (QED) is 0.800. The highest BCUT2D eigenvalue weighted by Gasteiger charge is 2.34. The Balaban J connectivity index is 2.18. The number of carbonyl (C=O) groups is 2. The molecule has 3 N–H and O–H groups in total. The van der Waals surface area contributed by atoms with Crippen molar-refractivity contribution in [3.05, 3.63) is 28.8 Å². The highest BCUT2D eigenvalue weighted by Crippen LogP contribution is 2.31. The number of piperidine rings is 1. The van der Waals surface area contributed by atoms with Gasteiger partial charge < -0.3 is 15.7 Å². The summed E-state index contributed by atoms with van der Waals surface area (Å²) in [4.78, 5) is 23.3. The number of benzene rings is 1. The van der Waals surface area contributed by atoms with E-state index in [0.29, 0.717) is 10.7 Å². The standard InChI is InChI=1S/C14H17ClN2O3/c1-14(4-6-16-7-5-14)13(20)17-11-8-9(12(18)19)2-3-10(11)15/h2-3,8,16H,4-7H2,1H3,(H,17,20)(H,18,19). The Bertz CT molecular complexity index is 539. The van der Waals surface area contributed by atoms with Gasteiger partial charge in [-0.1, -0.05) is 18.5 Å². The zero-order valence-corrected chi connectivity index (χ0v) is 12.0. The summed E-state index contributed by atoms with van der Waals surface area (Å²) in [6.45, 7) is 3.51. The Kier molecular flexibility index (Phi) is 4.30. The van der Waals surface area contributed by atoms with Crippen LogP contribution < -0.4 is 10.6 Å². The molecule has 1 aromatic rings. The topological polar surface area (TPSA) is 78.4 Å². The monoisotopic (exact) mass is 296 g/mol. The van der Waals surface area contributed by atoms with Crippen molar-refractivity contribution in [2.45, 2.75) is 19.8 Å². The molecular weight excluding hydrogens is 280 g/mol. The van der Waals surface area contributed by atoms with Gasteiger partial charge >= 0.3 is 5.97 Å². The molecule has 1 aromatic carbocycles. The van der Waals surface area contributed by atoms with Crippen LogP contribution in [0, 0.1) is 5.41 Å². The van der Waals surface area contributed by atoms with Gasteiger partial charge in [0.15, 0.2) is 0 Å². The predicted molar refractivity (Wildman–Crippen MR) is 77.3 cm³/mol. The largest absolute Gasteiger partial charge is 0.478 e. The Morgan fingerprint density at radius 1 is 1.35 bits per heavy atom. The van der Waals surface area contributed by atoms with Gasteiger partial charge in [-0.2, -0.15) is 0 Å². The SMILES string of the molecule is CC1(C(=O)Nc2cc(C(=O)O)ccc2Cl)CCNCC1. The van der Waals surface area contributed by atoms with Crippen molar-refractivity contribution in [2.24, 2.45) is 5.41 Å². The van der Waals surface area contributed by atoms with Gasteiger partial charge in [0.05, 0.1) is 16.3 Å². The van der Waals surface area contributed by atoms with Gasteiger partial charge in [0.25, 0.3) is 0 Å². The number of amides is 1. The lowest BCUT2D eigenvalue weighted by molar-refractivity contribution is -0.126. The van der Waals surface area contributed by atoms with Crippen molar-refractivity contribution < 1.29 is 14.7 Å². The summed E-state index contributed by atoms with van der Waals surface area (Å²) < 4.78 is 0. The highest BCUT2D eigenvalue weighted by molar-refractivity contribution is 6.33. The second kappa shape index (κ2) is 5.81. The Hall–Kier alpha value is -1.59. The first-order chi connectivity index (χ1) is 9.42. The Morgan fingerprint density at radius 3 is 2.60 bits per heavy atom. The molecule has 5 nitrogen and oxygen atoms in total. The van der Waals surface area contributed by atoms with Crippen molar-refractivity contribution in [3.8, 4) is 0 Å². The van der Waals surface area contributed by atoms with Crippen LogP contribution in [0.2, 0.25) is 5.02 Å². The molecule has 20 heavy (non-hydrogen) atoms. The average Bonchev–Trinajstić information content (AvgIpc) is 2.41. The van der Waals surface area contributed by atoms with Crippen LogP contribution in [0.4, 0.5) is 5.69 Å². The van der Waals surface area contributed by atoms with Crippen molar-refractivity contribution in [1.29, 1.82) is 0 Å². The molecule has 0 bridgehead atoms. The van der Waals surface area contributed by atoms with Gasteiger partial charge in [0.1, 0.15) is 0 Å². The van der Waals surface area contributed by atoms with E-state index < -0.39 is 11.4 Å². The number of hydrogen-bond donors (Lipinski definition) is 3. The number of aromatic carboxylic acids is 1. The third-order valence-corrected chi connectivity index (χ3v) is 4.05. The highest BCUT2D eigenvalue weighted by atomic mass is 35.5. The van der Waals surface area contributed by atoms with Crippen molar-refractivity contribution >= 4 is 29.2 Å². The number of rotatable bonds is 3. The summed E-state index contributed by atoms with van der Waals surface area (Å²) in [5, 5.41) is 15.3. The number of carbonyl (C=O) groups excluding carboxylic acids is 1. The smallest absolute Gasteiger partial charge is 0.335 e. The first-order valence-electron chi connectivity index (χ1n) is 6.47. The molecule has 0 aliphatic carbocycles. The third kappa shape index (κ3) is 3.11. The molecule has 1 heterocycles. The van der Waals surface area contributed by atoms with E-state index in [9.17, 15) is 9.59 Å². The Labute approximate surface area is 122 Å². The number of halogens is 1. The zero-order valence-electron chi connectivity index (χ0n) is 11.2. The summed E-state index contributed by atoms with van der Waals surface area (Å²) in [6, 6.07) is 4.27. The zero-order chi connectivity index (χ0) is 14.8. The number of nitrogens with one attached hydrogen (secondary N) is 2. The van der Waals surface area contributed by atoms with Crippen LogP contribution in [0.5, 0.6) is 0 Å². The van der Waals surface area contributed by atoms with E-state index in [1.807, 2.05) is 6.92 Å². The van der Waals surface area contributed by atoms with Crippen LogP contribution in [0.25, 0.3) is 0 Å². The fourth-order valence-electron chi connectivity index (χ4n) is 2.23. The van der Waals surface area contributed by atoms with E-state index in [1.54, 1.807) is 0 Å². The van der Waals surface area contributed by atoms with Gasteiger partial charge in [-0.25, -0.2) is 4.79 Å². The van der Waals surface area contributed by atoms with Crippen LogP contribution in [-0.4, -0.2) is 30.1 Å². The van der Waals surface area contributed by atoms with Crippen molar-refractivity contribution in [3.63, 3.8) is 0 Å². The van der Waals surface area contributed by atoms with Gasteiger partial charge in [-0.05, 0) is 44.1 Å². The van der Waals surface area contributed by atoms with E-state index in [0.717, 1.165) is 25.9 Å². The van der Waals surface area contributed by atoms with Crippen LogP contribution in [0.15, 0.2) is 18.2 Å². The fraction of sp³-hybridized carbons (Fsp3) is 0.429. The lowest BCUT2D eigenvalue weighted by Gasteiger charge is -2.32. The van der Waals surface area contributed by atoms with E-state index in [4.69, 9.17) is 16.7 Å². The molecule has 1 saturated heterocycles. The number of hydrogen-bond acceptors (Lipinski definition) is 3. The molecule has 0 saturated carbocycles. The van der Waals surface area contributed by atoms with Crippen molar-refractivity contribution in [1.82, 2.24) is 5.32 Å². The summed E-state index contributed by atoms with van der Waals surface area (Å²) in [5.74, 6) is -1.17. The molecule has 0 aromatic heterocycles. The van der Waals surface area contributed by atoms with E-state index in [2.05, 4.69) is 10.6 Å². The van der Waals surface area contributed by atoms with Gasteiger partial charge in [0, 0.05) is 5.41 Å². The van der Waals surface area contributed by atoms with Crippen LogP contribution in [0.1, 0.15) is 30.1 Å². The number of anilines is 1. The van der Waals surface area contributed by atoms with Crippen LogP contribution in [0.3, 0.4) is 0 Å². The molecule has 1 fully saturated rings. The fourth-order valence-corrected chi connectivity index (χ4v) is 2.40. The summed E-state index contributed by atoms with van der Waals surface area (Å²) in [7, 11) is 0. The average molecular weight is 297 g/mol. The summed E-state index contributed by atoms with van der Waals surface area (Å²) in [5.41, 5.74) is -0.00940. The van der Waals surface area contributed by atoms with E-state index in [1.165, 1.54) is 18.2 Å². The molecule has 0 unspecified atom stereocenters. The molecule has 0 spiro atoms. The minimum atomic E-state index is -1.05. The molecule has 108 valence electrons. The second-order valence-corrected chi connectivity index (χ2v) is 5.67. The molecule has 6 heteroatoms. The van der Waals surface area contributed by atoms with Gasteiger partial charge in [0.2, 0.25) is 5.91 Å². The maximum absolute atomic E-state index is 12.4. The minimum Gasteiger partial charge on any atom is -0.478 e. The lowest BCUT2D eigenvalue weighted by atomic mass is 9.80. The lowest BCUT2D eigenvalue weighted by Crippen LogP contribution is -2.42. The predicted octanol–water partition coefficient (Wildman–Crippen LogP) is 2.37. The first-order valence-corrected chi connectivity index (χ1v) is 6.85. The molecule has 1 aliphatic rings. The van der Waals surface area contributed by atoms with E-state index >= 15 is 0 Å². The molecule has 0 atom stereocenters. The normalized spacial score (nSPS) is 17.5. The number of carboxylic acids is 1. The Morgan fingerprint density at radius 2 is 2.00 bits per heavy atom.